The molecule has 36 heavy (non-hydrogen) atoms. The van der Waals surface area contributed by atoms with Crippen LogP contribution in [0.15, 0.2) is 64.6 Å². The number of amides is 4. The molecule has 0 unspecified atom stereocenters. The Morgan fingerprint density at radius 2 is 1.86 bits per heavy atom. The lowest BCUT2D eigenvalue weighted by Gasteiger charge is -2.27. The lowest BCUT2D eigenvalue weighted by molar-refractivity contribution is -0.122. The van der Waals surface area contributed by atoms with Gasteiger partial charge in [-0.1, -0.05) is 51.8 Å². The van der Waals surface area contributed by atoms with Crippen molar-refractivity contribution in [2.45, 2.75) is 20.3 Å². The van der Waals surface area contributed by atoms with Crippen molar-refractivity contribution in [3.63, 3.8) is 0 Å². The van der Waals surface area contributed by atoms with Gasteiger partial charge >= 0.3 is 6.03 Å². The van der Waals surface area contributed by atoms with E-state index in [0.29, 0.717) is 38.5 Å². The molecular formula is C27H21BrClFN2O4. The van der Waals surface area contributed by atoms with Gasteiger partial charge in [-0.05, 0) is 66.9 Å². The van der Waals surface area contributed by atoms with Crippen molar-refractivity contribution in [3.05, 3.63) is 97.7 Å². The summed E-state index contributed by atoms with van der Waals surface area (Å²) in [4.78, 5) is 39.4. The van der Waals surface area contributed by atoms with Gasteiger partial charge in [-0.15, -0.1) is 0 Å². The van der Waals surface area contributed by atoms with Crippen LogP contribution in [0.5, 0.6) is 5.75 Å². The van der Waals surface area contributed by atoms with E-state index in [4.69, 9.17) is 16.3 Å². The summed E-state index contributed by atoms with van der Waals surface area (Å²) in [7, 11) is 0. The van der Waals surface area contributed by atoms with Gasteiger partial charge in [0.05, 0.1) is 12.3 Å². The summed E-state index contributed by atoms with van der Waals surface area (Å²) in [6.07, 6.45) is 1.66. The van der Waals surface area contributed by atoms with Crippen LogP contribution < -0.4 is 15.0 Å². The standard InChI is InChI=1S/C27H21BrClFN2O4/c1-3-36-24-13-16(12-20(28)18(24)14-17-7-4-5-9-22(17)30)11-19-25(33)31-27(35)32(26(19)34)23-10-6-8-21(29)15(23)2/h4-13H,3,14H2,1-2H3,(H,31,33,35)/b19-11+. The van der Waals surface area contributed by atoms with Crippen molar-refractivity contribution >= 4 is 57.1 Å². The Hall–Kier alpha value is -3.49. The zero-order valence-corrected chi connectivity index (χ0v) is 21.7. The molecule has 1 aliphatic heterocycles. The number of carbonyl (C=O) groups is 3. The maximum Gasteiger partial charge on any atom is 0.335 e. The SMILES string of the molecule is CCOc1cc(/C=C2\C(=O)NC(=O)N(c3cccc(Cl)c3C)C2=O)cc(Br)c1Cc1ccccc1F. The number of carbonyl (C=O) groups excluding carboxylic acids is 3. The predicted molar refractivity (Wildman–Crippen MR) is 140 cm³/mol. The maximum atomic E-state index is 14.3. The Morgan fingerprint density at radius 1 is 1.11 bits per heavy atom. The molecule has 0 radical (unpaired) electrons. The Labute approximate surface area is 220 Å². The largest absolute Gasteiger partial charge is 0.494 e. The second kappa shape index (κ2) is 10.6. The van der Waals surface area contributed by atoms with Gasteiger partial charge in [-0.3, -0.25) is 14.9 Å². The number of nitrogens with one attached hydrogen (secondary N) is 1. The monoisotopic (exact) mass is 570 g/mol. The molecule has 1 saturated heterocycles. The molecule has 4 rings (SSSR count). The molecular weight excluding hydrogens is 551 g/mol. The van der Waals surface area contributed by atoms with Crippen LogP contribution in [0.25, 0.3) is 6.08 Å². The number of barbiturate groups is 1. The van der Waals surface area contributed by atoms with Crippen LogP contribution in [0.1, 0.15) is 29.2 Å². The highest BCUT2D eigenvalue weighted by Crippen LogP contribution is 2.34. The number of anilines is 1. The number of rotatable bonds is 6. The van der Waals surface area contributed by atoms with Gasteiger partial charge in [0, 0.05) is 21.5 Å². The average molecular weight is 572 g/mol. The summed E-state index contributed by atoms with van der Waals surface area (Å²) >= 11 is 9.70. The van der Waals surface area contributed by atoms with Crippen molar-refractivity contribution in [1.82, 2.24) is 5.32 Å². The van der Waals surface area contributed by atoms with Crippen molar-refractivity contribution in [1.29, 1.82) is 0 Å². The van der Waals surface area contributed by atoms with E-state index in [1.54, 1.807) is 55.5 Å². The molecule has 0 bridgehead atoms. The van der Waals surface area contributed by atoms with E-state index in [-0.39, 0.29) is 23.5 Å². The molecule has 6 nitrogen and oxygen atoms in total. The minimum atomic E-state index is -0.857. The molecule has 0 atom stereocenters. The molecule has 0 spiro atoms. The number of hydrogen-bond donors (Lipinski definition) is 1. The fourth-order valence-electron chi connectivity index (χ4n) is 3.88. The lowest BCUT2D eigenvalue weighted by atomic mass is 10.00. The Morgan fingerprint density at radius 3 is 2.58 bits per heavy atom. The topological polar surface area (TPSA) is 75.7 Å². The first-order valence-corrected chi connectivity index (χ1v) is 12.2. The van der Waals surface area contributed by atoms with Gasteiger partial charge in [0.25, 0.3) is 11.8 Å². The van der Waals surface area contributed by atoms with E-state index in [9.17, 15) is 18.8 Å². The lowest BCUT2D eigenvalue weighted by Crippen LogP contribution is -2.54. The number of imide groups is 2. The molecule has 1 fully saturated rings. The van der Waals surface area contributed by atoms with E-state index in [1.807, 2.05) is 6.92 Å². The van der Waals surface area contributed by atoms with E-state index < -0.39 is 17.8 Å². The second-order valence-electron chi connectivity index (χ2n) is 8.02. The maximum absolute atomic E-state index is 14.3. The van der Waals surface area contributed by atoms with E-state index in [2.05, 4.69) is 21.2 Å². The highest BCUT2D eigenvalue weighted by Gasteiger charge is 2.37. The quantitative estimate of drug-likeness (QED) is 0.282. The van der Waals surface area contributed by atoms with Crippen LogP contribution >= 0.6 is 27.5 Å². The zero-order chi connectivity index (χ0) is 26.0. The fraction of sp³-hybridized carbons (Fsp3) is 0.148. The third kappa shape index (κ3) is 5.05. The molecule has 184 valence electrons. The van der Waals surface area contributed by atoms with E-state index >= 15 is 0 Å². The normalized spacial score (nSPS) is 14.9. The summed E-state index contributed by atoms with van der Waals surface area (Å²) in [5.41, 5.74) is 2.27. The van der Waals surface area contributed by atoms with E-state index in [0.717, 1.165) is 10.5 Å². The number of nitrogens with zero attached hydrogens (tertiary/aromatic N) is 1. The van der Waals surface area contributed by atoms with Gasteiger partial charge < -0.3 is 4.74 Å². The minimum Gasteiger partial charge on any atom is -0.494 e. The first kappa shape index (κ1) is 25.6. The van der Waals surface area contributed by atoms with Gasteiger partial charge in [0.1, 0.15) is 17.1 Å². The second-order valence-corrected chi connectivity index (χ2v) is 9.28. The van der Waals surface area contributed by atoms with Crippen LogP contribution in [0.2, 0.25) is 5.02 Å². The summed E-state index contributed by atoms with van der Waals surface area (Å²) in [5, 5.41) is 2.59. The van der Waals surface area contributed by atoms with Crippen molar-refractivity contribution < 1.29 is 23.5 Å². The molecule has 3 aromatic carbocycles. The smallest absolute Gasteiger partial charge is 0.335 e. The number of hydrogen-bond acceptors (Lipinski definition) is 4. The number of urea groups is 1. The van der Waals surface area contributed by atoms with Gasteiger partial charge in [-0.2, -0.15) is 0 Å². The summed E-state index contributed by atoms with van der Waals surface area (Å²) in [6.45, 7) is 3.85. The molecule has 1 aliphatic rings. The zero-order valence-electron chi connectivity index (χ0n) is 19.4. The first-order valence-electron chi connectivity index (χ1n) is 11.1. The van der Waals surface area contributed by atoms with Gasteiger partial charge in [-0.25, -0.2) is 14.1 Å². The Bertz CT molecular complexity index is 1420. The van der Waals surface area contributed by atoms with Crippen LogP contribution in [0.4, 0.5) is 14.9 Å². The molecule has 3 aromatic rings. The summed E-state index contributed by atoms with van der Waals surface area (Å²) in [5.74, 6) is -1.45. The number of benzene rings is 3. The number of ether oxygens (including phenoxy) is 1. The Kier molecular flexibility index (Phi) is 7.56. The predicted octanol–water partition coefficient (Wildman–Crippen LogP) is 6.21. The summed E-state index contributed by atoms with van der Waals surface area (Å²) in [6, 6.07) is 13.8. The van der Waals surface area contributed by atoms with Crippen LogP contribution in [-0.4, -0.2) is 24.5 Å². The highest BCUT2D eigenvalue weighted by atomic mass is 79.9. The molecule has 0 aromatic heterocycles. The number of halogens is 3. The van der Waals surface area contributed by atoms with Gasteiger partial charge in [0.2, 0.25) is 0 Å². The van der Waals surface area contributed by atoms with Crippen LogP contribution in [0.3, 0.4) is 0 Å². The minimum absolute atomic E-state index is 0.231. The third-order valence-corrected chi connectivity index (χ3v) is 6.81. The van der Waals surface area contributed by atoms with E-state index in [1.165, 1.54) is 12.1 Å². The third-order valence-electron chi connectivity index (χ3n) is 5.69. The summed E-state index contributed by atoms with van der Waals surface area (Å²) < 4.78 is 20.7. The molecule has 0 saturated carbocycles. The van der Waals surface area contributed by atoms with Crippen LogP contribution in [-0.2, 0) is 16.0 Å². The average Bonchev–Trinajstić information content (AvgIpc) is 2.83. The molecule has 1 heterocycles. The van der Waals surface area contributed by atoms with Crippen molar-refractivity contribution in [3.8, 4) is 5.75 Å². The first-order chi connectivity index (χ1) is 17.2. The molecule has 4 amide bonds. The van der Waals surface area contributed by atoms with Gasteiger partial charge in [0.15, 0.2) is 0 Å². The molecule has 1 N–H and O–H groups in total. The molecule has 9 heteroatoms. The van der Waals surface area contributed by atoms with Crippen molar-refractivity contribution in [2.24, 2.45) is 0 Å². The fourth-order valence-corrected chi connectivity index (χ4v) is 4.65. The highest BCUT2D eigenvalue weighted by molar-refractivity contribution is 9.10. The van der Waals surface area contributed by atoms with Crippen LogP contribution in [0, 0.1) is 12.7 Å². The molecule has 0 aliphatic carbocycles. The Balaban J connectivity index is 1.75. The van der Waals surface area contributed by atoms with Crippen molar-refractivity contribution in [2.75, 3.05) is 11.5 Å².